The molecule has 3 heterocycles. The van der Waals surface area contributed by atoms with E-state index in [1.165, 1.54) is 6.33 Å². The predicted octanol–water partition coefficient (Wildman–Crippen LogP) is 1.34. The summed E-state index contributed by atoms with van der Waals surface area (Å²) < 4.78 is 2.18. The highest BCUT2D eigenvalue weighted by molar-refractivity contribution is 5.46. The first-order valence-corrected chi connectivity index (χ1v) is 6.54. The number of imidazole rings is 1. The molecule has 0 bridgehead atoms. The fraction of sp³-hybridized carbons (Fsp3) is 0.462. The summed E-state index contributed by atoms with van der Waals surface area (Å²) in [4.78, 5) is 14.7. The van der Waals surface area contributed by atoms with Crippen LogP contribution in [0.15, 0.2) is 31.1 Å². The van der Waals surface area contributed by atoms with Gasteiger partial charge in [0.2, 0.25) is 0 Å². The average Bonchev–Trinajstić information content (AvgIpc) is 2.93. The number of hydrogen-bond donors (Lipinski definition) is 1. The van der Waals surface area contributed by atoms with Crippen molar-refractivity contribution in [2.45, 2.75) is 19.4 Å². The molecule has 6 nitrogen and oxygen atoms in total. The number of nitrogens with zero attached hydrogens (tertiary/aromatic N) is 5. The normalized spacial score (nSPS) is 23.5. The van der Waals surface area contributed by atoms with E-state index in [9.17, 15) is 0 Å². The van der Waals surface area contributed by atoms with Crippen LogP contribution in [0.2, 0.25) is 0 Å². The van der Waals surface area contributed by atoms with Gasteiger partial charge in [0.05, 0.1) is 12.4 Å². The van der Waals surface area contributed by atoms with Crippen molar-refractivity contribution in [3.63, 3.8) is 0 Å². The lowest BCUT2D eigenvalue weighted by molar-refractivity contribution is 0.298. The topological polar surface area (TPSA) is 72.9 Å². The van der Waals surface area contributed by atoms with Crippen LogP contribution in [0, 0.1) is 5.92 Å². The summed E-state index contributed by atoms with van der Waals surface area (Å²) in [6.45, 7) is 4.22. The van der Waals surface area contributed by atoms with E-state index >= 15 is 0 Å². The molecule has 1 saturated heterocycles. The van der Waals surface area contributed by atoms with E-state index in [-0.39, 0.29) is 0 Å². The lowest BCUT2D eigenvalue weighted by atomic mass is 9.93. The molecule has 2 atom stereocenters. The second kappa shape index (κ2) is 4.87. The van der Waals surface area contributed by atoms with Crippen LogP contribution in [0.25, 0.3) is 0 Å². The largest absolute Gasteiger partial charge is 0.384 e. The molecule has 0 aromatic carbocycles. The number of nitrogens with two attached hydrogens (primary N) is 1. The zero-order valence-corrected chi connectivity index (χ0v) is 11.0. The average molecular weight is 258 g/mol. The monoisotopic (exact) mass is 258 g/mol. The fourth-order valence-corrected chi connectivity index (χ4v) is 2.65. The number of rotatable bonds is 2. The highest BCUT2D eigenvalue weighted by Crippen LogP contribution is 2.29. The van der Waals surface area contributed by atoms with Crippen LogP contribution in [0.4, 0.5) is 11.6 Å². The zero-order chi connectivity index (χ0) is 13.2. The highest BCUT2D eigenvalue weighted by Gasteiger charge is 2.27. The van der Waals surface area contributed by atoms with Crippen molar-refractivity contribution in [2.75, 3.05) is 23.7 Å². The predicted molar refractivity (Wildman–Crippen MR) is 73.7 cm³/mol. The van der Waals surface area contributed by atoms with Crippen LogP contribution >= 0.6 is 0 Å². The van der Waals surface area contributed by atoms with E-state index in [4.69, 9.17) is 5.73 Å². The third-order valence-corrected chi connectivity index (χ3v) is 3.82. The Labute approximate surface area is 112 Å². The van der Waals surface area contributed by atoms with Crippen molar-refractivity contribution >= 4 is 11.6 Å². The van der Waals surface area contributed by atoms with E-state index in [2.05, 4.69) is 31.3 Å². The minimum Gasteiger partial charge on any atom is -0.384 e. The number of aromatic nitrogens is 4. The van der Waals surface area contributed by atoms with Gasteiger partial charge in [-0.1, -0.05) is 6.92 Å². The molecule has 2 N–H and O–H groups in total. The molecule has 2 aromatic heterocycles. The zero-order valence-electron chi connectivity index (χ0n) is 11.0. The van der Waals surface area contributed by atoms with Crippen molar-refractivity contribution in [3.05, 3.63) is 31.1 Å². The molecule has 0 radical (unpaired) electrons. The Bertz CT molecular complexity index is 538. The van der Waals surface area contributed by atoms with Gasteiger partial charge >= 0.3 is 0 Å². The Balaban J connectivity index is 1.82. The van der Waals surface area contributed by atoms with Crippen LogP contribution in [0.1, 0.15) is 19.4 Å². The number of hydrogen-bond acceptors (Lipinski definition) is 5. The standard InChI is InChI=1S/C13H18N6/c1-10-2-4-18(13-6-12(14)16-8-17-13)7-11(10)19-5-3-15-9-19/h3,5-6,8-11H,2,4,7H2,1H3,(H2,14,16,17). The van der Waals surface area contributed by atoms with Gasteiger partial charge in [0.25, 0.3) is 0 Å². The molecular formula is C13H18N6. The van der Waals surface area contributed by atoms with E-state index in [0.717, 1.165) is 25.3 Å². The quantitative estimate of drug-likeness (QED) is 0.880. The molecule has 3 rings (SSSR count). The second-order valence-electron chi connectivity index (χ2n) is 5.09. The van der Waals surface area contributed by atoms with Gasteiger partial charge in [-0.2, -0.15) is 0 Å². The SMILES string of the molecule is CC1CCN(c2cc(N)ncn2)CC1n1ccnc1. The molecule has 0 saturated carbocycles. The molecule has 0 spiro atoms. The first-order valence-electron chi connectivity index (χ1n) is 6.54. The summed E-state index contributed by atoms with van der Waals surface area (Å²) in [6, 6.07) is 2.26. The van der Waals surface area contributed by atoms with Gasteiger partial charge in [-0.3, -0.25) is 0 Å². The summed E-state index contributed by atoms with van der Waals surface area (Å²) in [7, 11) is 0. The van der Waals surface area contributed by atoms with Crippen LogP contribution in [0.5, 0.6) is 0 Å². The van der Waals surface area contributed by atoms with Crippen LogP contribution < -0.4 is 10.6 Å². The van der Waals surface area contributed by atoms with Gasteiger partial charge in [0, 0.05) is 31.5 Å². The van der Waals surface area contributed by atoms with Crippen molar-refractivity contribution in [1.82, 2.24) is 19.5 Å². The molecule has 1 aliphatic rings. The van der Waals surface area contributed by atoms with Gasteiger partial charge in [0.1, 0.15) is 18.0 Å². The Morgan fingerprint density at radius 2 is 2.26 bits per heavy atom. The van der Waals surface area contributed by atoms with E-state index in [0.29, 0.717) is 17.8 Å². The van der Waals surface area contributed by atoms with Crippen molar-refractivity contribution in [3.8, 4) is 0 Å². The van der Waals surface area contributed by atoms with Crippen LogP contribution in [0.3, 0.4) is 0 Å². The van der Waals surface area contributed by atoms with Crippen LogP contribution in [-0.2, 0) is 0 Å². The maximum atomic E-state index is 5.73. The third kappa shape index (κ3) is 2.38. The maximum Gasteiger partial charge on any atom is 0.134 e. The Morgan fingerprint density at radius 3 is 3.00 bits per heavy atom. The summed E-state index contributed by atoms with van der Waals surface area (Å²) >= 11 is 0. The molecule has 1 fully saturated rings. The first kappa shape index (κ1) is 12.0. The number of anilines is 2. The van der Waals surface area contributed by atoms with E-state index in [1.807, 2.05) is 24.8 Å². The molecule has 0 amide bonds. The lowest BCUT2D eigenvalue weighted by Gasteiger charge is -2.38. The van der Waals surface area contributed by atoms with Gasteiger partial charge in [-0.05, 0) is 12.3 Å². The van der Waals surface area contributed by atoms with E-state index in [1.54, 1.807) is 0 Å². The maximum absolute atomic E-state index is 5.73. The Kier molecular flexibility index (Phi) is 3.06. The molecule has 100 valence electrons. The van der Waals surface area contributed by atoms with Gasteiger partial charge in [-0.15, -0.1) is 0 Å². The third-order valence-electron chi connectivity index (χ3n) is 3.82. The number of piperidine rings is 1. The molecule has 2 aromatic rings. The minimum atomic E-state index is 0.424. The molecule has 19 heavy (non-hydrogen) atoms. The molecular weight excluding hydrogens is 240 g/mol. The van der Waals surface area contributed by atoms with E-state index < -0.39 is 0 Å². The smallest absolute Gasteiger partial charge is 0.134 e. The van der Waals surface area contributed by atoms with Crippen molar-refractivity contribution < 1.29 is 0 Å². The van der Waals surface area contributed by atoms with Gasteiger partial charge < -0.3 is 15.2 Å². The Morgan fingerprint density at radius 1 is 1.37 bits per heavy atom. The fourth-order valence-electron chi connectivity index (χ4n) is 2.65. The Hall–Kier alpha value is -2.11. The van der Waals surface area contributed by atoms with Gasteiger partial charge in [-0.25, -0.2) is 15.0 Å². The van der Waals surface area contributed by atoms with Crippen molar-refractivity contribution in [2.24, 2.45) is 5.92 Å². The summed E-state index contributed by atoms with van der Waals surface area (Å²) in [6.07, 6.45) is 8.40. The summed E-state index contributed by atoms with van der Waals surface area (Å²) in [5.74, 6) is 2.05. The molecule has 0 aliphatic carbocycles. The molecule has 2 unspecified atom stereocenters. The minimum absolute atomic E-state index is 0.424. The highest BCUT2D eigenvalue weighted by atomic mass is 15.2. The summed E-state index contributed by atoms with van der Waals surface area (Å²) in [5, 5.41) is 0. The lowest BCUT2D eigenvalue weighted by Crippen LogP contribution is -2.41. The second-order valence-corrected chi connectivity index (χ2v) is 5.09. The van der Waals surface area contributed by atoms with Crippen LogP contribution in [-0.4, -0.2) is 32.6 Å². The molecule has 6 heteroatoms. The first-order chi connectivity index (χ1) is 9.24. The molecule has 1 aliphatic heterocycles. The summed E-state index contributed by atoms with van der Waals surface area (Å²) in [5.41, 5.74) is 5.73. The number of nitrogen functional groups attached to an aromatic ring is 1. The van der Waals surface area contributed by atoms with Gasteiger partial charge in [0.15, 0.2) is 0 Å². The van der Waals surface area contributed by atoms with Crippen molar-refractivity contribution in [1.29, 1.82) is 0 Å².